The molecule has 5 nitrogen and oxygen atoms in total. The van der Waals surface area contributed by atoms with Crippen molar-refractivity contribution in [2.45, 2.75) is 6.92 Å². The lowest BCUT2D eigenvalue weighted by Crippen LogP contribution is -2.27. The monoisotopic (exact) mass is 296 g/mol. The van der Waals surface area contributed by atoms with Gasteiger partial charge in [-0.3, -0.25) is 4.79 Å². The molecule has 1 saturated heterocycles. The molecule has 1 amide bonds. The minimum absolute atomic E-state index is 0.0550. The third-order valence-corrected chi connectivity index (χ3v) is 3.82. The molecule has 0 unspecified atom stereocenters. The molecule has 0 saturated carbocycles. The molecule has 1 heterocycles. The van der Waals surface area contributed by atoms with Crippen LogP contribution in [0.15, 0.2) is 18.2 Å². The Balaban J connectivity index is 2.13. The first-order valence-electron chi connectivity index (χ1n) is 6.42. The van der Waals surface area contributed by atoms with Crippen molar-refractivity contribution < 1.29 is 14.3 Å². The summed E-state index contributed by atoms with van der Waals surface area (Å²) in [4.78, 5) is 23.7. The van der Waals surface area contributed by atoms with Gasteiger partial charge in [0.25, 0.3) is 0 Å². The zero-order chi connectivity index (χ0) is 14.7. The number of hydrogen-bond donors (Lipinski definition) is 2. The van der Waals surface area contributed by atoms with Crippen molar-refractivity contribution in [3.63, 3.8) is 0 Å². The molecule has 2 atom stereocenters. The van der Waals surface area contributed by atoms with Gasteiger partial charge >= 0.3 is 5.97 Å². The molecule has 20 heavy (non-hydrogen) atoms. The first kappa shape index (κ1) is 14.8. The van der Waals surface area contributed by atoms with E-state index in [9.17, 15) is 9.59 Å². The summed E-state index contributed by atoms with van der Waals surface area (Å²) < 4.78 is 4.65. The van der Waals surface area contributed by atoms with Crippen LogP contribution in [0.2, 0.25) is 5.02 Å². The number of amides is 1. The SMILES string of the molecule is COC(=O)c1cc(NC(=O)[C@@H]2CNC[C@H]2C)ccc1Cl. The second kappa shape index (κ2) is 6.24. The molecule has 0 radical (unpaired) electrons. The van der Waals surface area contributed by atoms with Gasteiger partial charge in [-0.1, -0.05) is 18.5 Å². The number of esters is 1. The quantitative estimate of drug-likeness (QED) is 0.836. The number of halogens is 1. The topological polar surface area (TPSA) is 67.4 Å². The largest absolute Gasteiger partial charge is 0.465 e. The first-order chi connectivity index (χ1) is 9.52. The molecule has 1 aromatic carbocycles. The van der Waals surface area contributed by atoms with Gasteiger partial charge in [0.2, 0.25) is 5.91 Å². The van der Waals surface area contributed by atoms with E-state index in [1.165, 1.54) is 13.2 Å². The predicted octanol–water partition coefficient (Wildman–Crippen LogP) is 1.92. The van der Waals surface area contributed by atoms with Crippen LogP contribution < -0.4 is 10.6 Å². The van der Waals surface area contributed by atoms with Gasteiger partial charge in [0.15, 0.2) is 0 Å². The van der Waals surface area contributed by atoms with Crippen LogP contribution in [0.5, 0.6) is 0 Å². The normalized spacial score (nSPS) is 21.6. The summed E-state index contributed by atoms with van der Waals surface area (Å²) in [6.07, 6.45) is 0. The highest BCUT2D eigenvalue weighted by molar-refractivity contribution is 6.33. The van der Waals surface area contributed by atoms with E-state index in [-0.39, 0.29) is 17.4 Å². The van der Waals surface area contributed by atoms with E-state index in [4.69, 9.17) is 11.6 Å². The Hall–Kier alpha value is -1.59. The number of benzene rings is 1. The molecule has 108 valence electrons. The van der Waals surface area contributed by atoms with Gasteiger partial charge in [-0.15, -0.1) is 0 Å². The molecule has 0 bridgehead atoms. The summed E-state index contributed by atoms with van der Waals surface area (Å²) in [5.74, 6) is -0.350. The minimum atomic E-state index is -0.526. The smallest absolute Gasteiger partial charge is 0.339 e. The minimum Gasteiger partial charge on any atom is -0.465 e. The fraction of sp³-hybridized carbons (Fsp3) is 0.429. The maximum Gasteiger partial charge on any atom is 0.339 e. The fourth-order valence-corrected chi connectivity index (χ4v) is 2.46. The van der Waals surface area contributed by atoms with Crippen molar-refractivity contribution in [3.05, 3.63) is 28.8 Å². The molecule has 1 aliphatic rings. The maximum absolute atomic E-state index is 12.2. The standard InChI is InChI=1S/C14H17ClN2O3/c1-8-6-16-7-11(8)13(18)17-9-3-4-12(15)10(5-9)14(19)20-2/h3-5,8,11,16H,6-7H2,1-2H3,(H,17,18)/t8-,11-/m1/s1. The van der Waals surface area contributed by atoms with E-state index in [0.717, 1.165) is 6.54 Å². The predicted molar refractivity (Wildman–Crippen MR) is 76.9 cm³/mol. The molecule has 6 heteroatoms. The van der Waals surface area contributed by atoms with Crippen LogP contribution in [0, 0.1) is 11.8 Å². The molecule has 0 aliphatic carbocycles. The second-order valence-corrected chi connectivity index (χ2v) is 5.32. The Morgan fingerprint density at radius 1 is 1.40 bits per heavy atom. The van der Waals surface area contributed by atoms with Gasteiger partial charge in [0, 0.05) is 12.2 Å². The molecule has 1 aliphatic heterocycles. The number of carbonyl (C=O) groups excluding carboxylic acids is 2. The summed E-state index contributed by atoms with van der Waals surface area (Å²) in [5.41, 5.74) is 0.781. The molecular weight excluding hydrogens is 280 g/mol. The lowest BCUT2D eigenvalue weighted by atomic mass is 9.97. The van der Waals surface area contributed by atoms with Crippen molar-refractivity contribution in [3.8, 4) is 0 Å². The lowest BCUT2D eigenvalue weighted by Gasteiger charge is -2.14. The summed E-state index contributed by atoms with van der Waals surface area (Å²) in [5, 5.41) is 6.29. The molecule has 1 fully saturated rings. The summed E-state index contributed by atoms with van der Waals surface area (Å²) >= 11 is 5.93. The van der Waals surface area contributed by atoms with Crippen LogP contribution in [0.3, 0.4) is 0 Å². The van der Waals surface area contributed by atoms with Crippen LogP contribution >= 0.6 is 11.6 Å². The van der Waals surface area contributed by atoms with Crippen molar-refractivity contribution >= 4 is 29.2 Å². The number of rotatable bonds is 3. The van der Waals surface area contributed by atoms with Crippen LogP contribution in [0.4, 0.5) is 5.69 Å². The molecule has 1 aromatic rings. The lowest BCUT2D eigenvalue weighted by molar-refractivity contribution is -0.120. The number of carbonyl (C=O) groups is 2. The first-order valence-corrected chi connectivity index (χ1v) is 6.80. The van der Waals surface area contributed by atoms with E-state index >= 15 is 0 Å². The highest BCUT2D eigenvalue weighted by Crippen LogP contribution is 2.23. The van der Waals surface area contributed by atoms with Gasteiger partial charge in [-0.05, 0) is 30.7 Å². The Morgan fingerprint density at radius 2 is 2.15 bits per heavy atom. The van der Waals surface area contributed by atoms with Crippen molar-refractivity contribution in [2.24, 2.45) is 11.8 Å². The van der Waals surface area contributed by atoms with Crippen molar-refractivity contribution in [1.82, 2.24) is 5.32 Å². The average molecular weight is 297 g/mol. The Kier molecular flexibility index (Phi) is 4.62. The molecule has 2 N–H and O–H groups in total. The number of nitrogens with one attached hydrogen (secondary N) is 2. The van der Waals surface area contributed by atoms with Gasteiger partial charge in [-0.25, -0.2) is 4.79 Å². The second-order valence-electron chi connectivity index (χ2n) is 4.92. The third-order valence-electron chi connectivity index (χ3n) is 3.49. The zero-order valence-corrected chi connectivity index (χ0v) is 12.2. The van der Waals surface area contributed by atoms with Gasteiger partial charge in [-0.2, -0.15) is 0 Å². The Bertz CT molecular complexity index is 533. The highest BCUT2D eigenvalue weighted by Gasteiger charge is 2.29. The summed E-state index contributed by atoms with van der Waals surface area (Å²) in [7, 11) is 1.29. The zero-order valence-electron chi connectivity index (χ0n) is 11.4. The van der Waals surface area contributed by atoms with E-state index in [0.29, 0.717) is 23.2 Å². The van der Waals surface area contributed by atoms with Gasteiger partial charge in [0.05, 0.1) is 23.6 Å². The molecule has 0 aromatic heterocycles. The van der Waals surface area contributed by atoms with Crippen molar-refractivity contribution in [1.29, 1.82) is 0 Å². The average Bonchev–Trinajstić information content (AvgIpc) is 2.86. The molecule has 2 rings (SSSR count). The summed E-state index contributed by atoms with van der Waals surface area (Å²) in [6, 6.07) is 4.76. The van der Waals surface area contributed by atoms with Crippen LogP contribution in [0.1, 0.15) is 17.3 Å². The highest BCUT2D eigenvalue weighted by atomic mass is 35.5. The van der Waals surface area contributed by atoms with Crippen molar-refractivity contribution in [2.75, 3.05) is 25.5 Å². The number of hydrogen-bond acceptors (Lipinski definition) is 4. The fourth-order valence-electron chi connectivity index (χ4n) is 2.27. The third kappa shape index (κ3) is 3.11. The molecule has 0 spiro atoms. The van der Waals surface area contributed by atoms with E-state index in [1.807, 2.05) is 6.92 Å². The number of ether oxygens (including phenoxy) is 1. The van der Waals surface area contributed by atoms with Gasteiger partial charge in [0.1, 0.15) is 0 Å². The van der Waals surface area contributed by atoms with Gasteiger partial charge < -0.3 is 15.4 Å². The van der Waals surface area contributed by atoms with Crippen LogP contribution in [-0.4, -0.2) is 32.1 Å². The van der Waals surface area contributed by atoms with Crippen LogP contribution in [-0.2, 0) is 9.53 Å². The van der Waals surface area contributed by atoms with E-state index in [1.54, 1.807) is 12.1 Å². The number of methoxy groups -OCH3 is 1. The van der Waals surface area contributed by atoms with Crippen LogP contribution in [0.25, 0.3) is 0 Å². The summed E-state index contributed by atoms with van der Waals surface area (Å²) in [6.45, 7) is 3.54. The van der Waals surface area contributed by atoms with E-state index in [2.05, 4.69) is 15.4 Å². The molecular formula is C14H17ClN2O3. The Labute approximate surface area is 122 Å². The van der Waals surface area contributed by atoms with E-state index < -0.39 is 5.97 Å². The number of anilines is 1. The maximum atomic E-state index is 12.2. The Morgan fingerprint density at radius 3 is 2.75 bits per heavy atom.